The molecule has 0 aliphatic carbocycles. The molecule has 0 fully saturated rings. The van der Waals surface area contributed by atoms with Gasteiger partial charge in [0.15, 0.2) is 0 Å². The summed E-state index contributed by atoms with van der Waals surface area (Å²) in [5.41, 5.74) is 1.08. The monoisotopic (exact) mass is 440 g/mol. The Balaban J connectivity index is 2.66. The number of aliphatic hydroxyl groups is 2. The number of hydrogen-bond acceptors (Lipinski definition) is 4. The van der Waals surface area contributed by atoms with Crippen molar-refractivity contribution in [2.24, 2.45) is 11.8 Å². The molecule has 0 heterocycles. The molecule has 2 aromatic carbocycles. The zero-order valence-corrected chi connectivity index (χ0v) is 19.5. The number of hydrogen-bond donors (Lipinski definition) is 2. The summed E-state index contributed by atoms with van der Waals surface area (Å²) in [4.78, 5) is 30.6. The van der Waals surface area contributed by atoms with E-state index in [0.717, 1.165) is 0 Å². The highest BCUT2D eigenvalue weighted by Crippen LogP contribution is 2.38. The summed E-state index contributed by atoms with van der Waals surface area (Å²) in [6.45, 7) is 9.23. The van der Waals surface area contributed by atoms with Gasteiger partial charge in [0.25, 0.3) is 0 Å². The highest BCUT2D eigenvalue weighted by molar-refractivity contribution is 5.89. The van der Waals surface area contributed by atoms with Gasteiger partial charge >= 0.3 is 0 Å². The topological polar surface area (TPSA) is 81.1 Å². The maximum Gasteiger partial charge on any atom is 0.229 e. The third kappa shape index (κ3) is 5.75. The van der Waals surface area contributed by atoms with Gasteiger partial charge in [0.1, 0.15) is 0 Å². The van der Waals surface area contributed by atoms with Crippen LogP contribution in [0, 0.1) is 11.8 Å². The fourth-order valence-corrected chi connectivity index (χ4v) is 4.18. The Labute approximate surface area is 191 Å². The Morgan fingerprint density at radius 3 is 1.16 bits per heavy atom. The molecule has 6 nitrogen and oxygen atoms in total. The van der Waals surface area contributed by atoms with Crippen molar-refractivity contribution < 1.29 is 19.8 Å². The lowest BCUT2D eigenvalue weighted by Crippen LogP contribution is -2.49. The minimum absolute atomic E-state index is 0.341. The van der Waals surface area contributed by atoms with Crippen LogP contribution in [0.3, 0.4) is 0 Å². The maximum absolute atomic E-state index is 13.7. The third-order valence-corrected chi connectivity index (χ3v) is 6.07. The molecule has 2 amide bonds. The van der Waals surface area contributed by atoms with E-state index < -0.39 is 24.0 Å². The van der Waals surface area contributed by atoms with Crippen molar-refractivity contribution in [3.63, 3.8) is 0 Å². The predicted octanol–water partition coefficient (Wildman–Crippen LogP) is 3.42. The van der Waals surface area contributed by atoms with Crippen molar-refractivity contribution in [2.45, 2.75) is 39.9 Å². The van der Waals surface area contributed by atoms with Crippen LogP contribution in [-0.2, 0) is 9.59 Å². The highest BCUT2D eigenvalue weighted by Gasteiger charge is 2.46. The second-order valence-corrected chi connectivity index (χ2v) is 7.78. The van der Waals surface area contributed by atoms with Crippen LogP contribution in [0.25, 0.3) is 0 Å². The van der Waals surface area contributed by atoms with E-state index in [1.807, 2.05) is 39.8 Å². The van der Waals surface area contributed by atoms with Crippen LogP contribution in [-0.4, -0.2) is 58.0 Å². The van der Waals surface area contributed by atoms with Crippen molar-refractivity contribution in [3.05, 3.63) is 71.8 Å². The molecule has 0 saturated heterocycles. The van der Waals surface area contributed by atoms with Gasteiger partial charge in [0.05, 0.1) is 24.0 Å². The zero-order chi connectivity index (χ0) is 23.7. The molecule has 4 atom stereocenters. The Hall–Kier alpha value is -2.70. The van der Waals surface area contributed by atoms with Gasteiger partial charge in [0.2, 0.25) is 11.8 Å². The minimum Gasteiger partial charge on any atom is -0.388 e. The van der Waals surface area contributed by atoms with E-state index in [0.29, 0.717) is 37.3 Å². The second-order valence-electron chi connectivity index (χ2n) is 7.78. The molecule has 2 rings (SSSR count). The van der Waals surface area contributed by atoms with Gasteiger partial charge in [-0.1, -0.05) is 60.7 Å². The van der Waals surface area contributed by atoms with Crippen molar-refractivity contribution in [1.82, 2.24) is 9.80 Å². The van der Waals surface area contributed by atoms with Crippen LogP contribution in [0.15, 0.2) is 60.7 Å². The average Bonchev–Trinajstić information content (AvgIpc) is 2.84. The summed E-state index contributed by atoms with van der Waals surface area (Å²) < 4.78 is 0. The fraction of sp³-hybridized carbons (Fsp3) is 0.462. The van der Waals surface area contributed by atoms with E-state index in [1.165, 1.54) is 0 Å². The molecule has 4 unspecified atom stereocenters. The zero-order valence-electron chi connectivity index (χ0n) is 19.5. The third-order valence-electron chi connectivity index (χ3n) is 6.07. The largest absolute Gasteiger partial charge is 0.388 e. The Bertz CT molecular complexity index is 764. The Kier molecular flexibility index (Phi) is 9.88. The van der Waals surface area contributed by atoms with E-state index in [-0.39, 0.29) is 11.8 Å². The van der Waals surface area contributed by atoms with Gasteiger partial charge in [-0.25, -0.2) is 0 Å². The SMILES string of the molecule is CCN(CC)C(=O)C(C(O)c1ccccc1)C(C(=O)N(CC)CC)C(O)c1ccccc1. The smallest absolute Gasteiger partial charge is 0.229 e. The van der Waals surface area contributed by atoms with Gasteiger partial charge < -0.3 is 20.0 Å². The number of carbonyl (C=O) groups excluding carboxylic acids is 2. The summed E-state index contributed by atoms with van der Waals surface area (Å²) in [7, 11) is 0. The molecule has 0 bridgehead atoms. The number of benzene rings is 2. The first-order chi connectivity index (χ1) is 15.4. The number of rotatable bonds is 11. The van der Waals surface area contributed by atoms with E-state index in [4.69, 9.17) is 0 Å². The van der Waals surface area contributed by atoms with Crippen LogP contribution in [0.5, 0.6) is 0 Å². The quantitative estimate of drug-likeness (QED) is 0.561. The molecule has 2 aromatic rings. The van der Waals surface area contributed by atoms with Crippen LogP contribution in [0.4, 0.5) is 0 Å². The summed E-state index contributed by atoms with van der Waals surface area (Å²) in [5.74, 6) is -2.96. The summed E-state index contributed by atoms with van der Waals surface area (Å²) in [6, 6.07) is 17.7. The summed E-state index contributed by atoms with van der Waals surface area (Å²) in [5, 5.41) is 22.8. The van der Waals surface area contributed by atoms with Gasteiger partial charge in [0, 0.05) is 26.2 Å². The lowest BCUT2D eigenvalue weighted by Gasteiger charge is -2.37. The molecule has 174 valence electrons. The van der Waals surface area contributed by atoms with Crippen LogP contribution in [0.1, 0.15) is 51.0 Å². The normalized spacial score (nSPS) is 14.8. The Morgan fingerprint density at radius 1 is 0.625 bits per heavy atom. The van der Waals surface area contributed by atoms with Gasteiger partial charge in [-0.05, 0) is 38.8 Å². The molecule has 2 N–H and O–H groups in total. The van der Waals surface area contributed by atoms with E-state index in [1.54, 1.807) is 58.3 Å². The first-order valence-electron chi connectivity index (χ1n) is 11.4. The first-order valence-corrected chi connectivity index (χ1v) is 11.4. The van der Waals surface area contributed by atoms with Crippen molar-refractivity contribution in [2.75, 3.05) is 26.2 Å². The van der Waals surface area contributed by atoms with Crippen LogP contribution in [0.2, 0.25) is 0 Å². The van der Waals surface area contributed by atoms with E-state index >= 15 is 0 Å². The maximum atomic E-state index is 13.7. The summed E-state index contributed by atoms with van der Waals surface area (Å²) in [6.07, 6.45) is -2.49. The molecular weight excluding hydrogens is 404 g/mol. The average molecular weight is 441 g/mol. The van der Waals surface area contributed by atoms with Crippen molar-refractivity contribution in [3.8, 4) is 0 Å². The standard InChI is InChI=1S/C26H36N2O4/c1-5-27(6-2)25(31)21(23(29)19-15-11-9-12-16-19)22(26(32)28(7-3)8-4)24(30)20-17-13-10-14-18-20/h9-18,21-24,29-30H,5-8H2,1-4H3. The van der Waals surface area contributed by atoms with Crippen LogP contribution >= 0.6 is 0 Å². The van der Waals surface area contributed by atoms with Crippen molar-refractivity contribution in [1.29, 1.82) is 0 Å². The second kappa shape index (κ2) is 12.4. The van der Waals surface area contributed by atoms with Crippen molar-refractivity contribution >= 4 is 11.8 Å². The lowest BCUT2D eigenvalue weighted by atomic mass is 9.77. The van der Waals surface area contributed by atoms with Crippen LogP contribution < -0.4 is 0 Å². The minimum atomic E-state index is -1.24. The number of amides is 2. The van der Waals surface area contributed by atoms with Gasteiger partial charge in [-0.2, -0.15) is 0 Å². The van der Waals surface area contributed by atoms with E-state index in [2.05, 4.69) is 0 Å². The molecule has 0 aromatic heterocycles. The molecule has 0 aliphatic heterocycles. The number of nitrogens with zero attached hydrogens (tertiary/aromatic N) is 2. The molecule has 0 saturated carbocycles. The molecule has 0 radical (unpaired) electrons. The highest BCUT2D eigenvalue weighted by atomic mass is 16.3. The van der Waals surface area contributed by atoms with Gasteiger partial charge in [-0.3, -0.25) is 9.59 Å². The predicted molar refractivity (Wildman–Crippen MR) is 126 cm³/mol. The molecule has 6 heteroatoms. The first kappa shape index (κ1) is 25.6. The molecule has 32 heavy (non-hydrogen) atoms. The number of carbonyl (C=O) groups is 2. The summed E-state index contributed by atoms with van der Waals surface area (Å²) >= 11 is 0. The number of aliphatic hydroxyl groups excluding tert-OH is 2. The fourth-order valence-electron chi connectivity index (χ4n) is 4.18. The molecular formula is C26H36N2O4. The lowest BCUT2D eigenvalue weighted by molar-refractivity contribution is -0.157. The van der Waals surface area contributed by atoms with E-state index in [9.17, 15) is 19.8 Å². The molecule has 0 aliphatic rings. The molecule has 0 spiro atoms. The Morgan fingerprint density at radius 2 is 0.906 bits per heavy atom. The van der Waals surface area contributed by atoms with Gasteiger partial charge in [-0.15, -0.1) is 0 Å².